The third-order valence-electron chi connectivity index (χ3n) is 3.49. The van der Waals surface area contributed by atoms with Crippen molar-refractivity contribution in [3.63, 3.8) is 0 Å². The van der Waals surface area contributed by atoms with Gasteiger partial charge in [-0.3, -0.25) is 14.5 Å². The van der Waals surface area contributed by atoms with Crippen LogP contribution in [-0.2, 0) is 23.8 Å². The van der Waals surface area contributed by atoms with Crippen LogP contribution < -0.4 is 0 Å². The van der Waals surface area contributed by atoms with E-state index in [1.165, 1.54) is 7.11 Å². The fourth-order valence-corrected chi connectivity index (χ4v) is 2.28. The van der Waals surface area contributed by atoms with Crippen molar-refractivity contribution >= 4 is 11.9 Å². The molecule has 1 rings (SSSR count). The maximum absolute atomic E-state index is 11.4. The molecule has 1 fully saturated rings. The molecule has 0 aliphatic carbocycles. The lowest BCUT2D eigenvalue weighted by Crippen LogP contribution is -2.47. The van der Waals surface area contributed by atoms with Crippen molar-refractivity contribution in [3.8, 4) is 0 Å². The number of hydrogen-bond donors (Lipinski definition) is 0. The molecular formula is C14H25NO5. The van der Waals surface area contributed by atoms with Crippen LogP contribution in [0.1, 0.15) is 33.1 Å². The topological polar surface area (TPSA) is 65.1 Å². The van der Waals surface area contributed by atoms with E-state index in [0.717, 1.165) is 13.0 Å². The molecule has 1 heterocycles. The van der Waals surface area contributed by atoms with Crippen LogP contribution in [0.4, 0.5) is 0 Å². The minimum absolute atomic E-state index is 0.124. The van der Waals surface area contributed by atoms with Crippen molar-refractivity contribution in [2.24, 2.45) is 0 Å². The lowest BCUT2D eigenvalue weighted by molar-refractivity contribution is -0.146. The van der Waals surface area contributed by atoms with Gasteiger partial charge in [0.1, 0.15) is 0 Å². The zero-order valence-electron chi connectivity index (χ0n) is 12.6. The molecule has 1 aliphatic rings. The van der Waals surface area contributed by atoms with Crippen LogP contribution in [0.5, 0.6) is 0 Å². The van der Waals surface area contributed by atoms with Gasteiger partial charge >= 0.3 is 11.9 Å². The standard InChI is InChI=1S/C14H25NO5/c1-4-19-13(16)6-5-11(2)15-7-8-20-12(10-15)9-14(17)18-3/h11-12H,4-10H2,1-3H3. The van der Waals surface area contributed by atoms with E-state index < -0.39 is 0 Å². The molecule has 2 atom stereocenters. The number of methoxy groups -OCH3 is 1. The lowest BCUT2D eigenvalue weighted by Gasteiger charge is -2.36. The molecule has 0 aromatic heterocycles. The van der Waals surface area contributed by atoms with E-state index in [0.29, 0.717) is 26.2 Å². The van der Waals surface area contributed by atoms with E-state index >= 15 is 0 Å². The van der Waals surface area contributed by atoms with Gasteiger partial charge in [0.2, 0.25) is 0 Å². The first-order valence-corrected chi connectivity index (χ1v) is 7.14. The molecule has 0 saturated carbocycles. The molecular weight excluding hydrogens is 262 g/mol. The Bertz CT molecular complexity index is 321. The predicted octanol–water partition coefficient (Wildman–Crippen LogP) is 0.982. The van der Waals surface area contributed by atoms with Crippen LogP contribution in [0.15, 0.2) is 0 Å². The first kappa shape index (κ1) is 16.9. The van der Waals surface area contributed by atoms with Gasteiger partial charge in [-0.05, 0) is 20.3 Å². The van der Waals surface area contributed by atoms with Crippen molar-refractivity contribution in [2.45, 2.75) is 45.3 Å². The quantitative estimate of drug-likeness (QED) is 0.650. The summed E-state index contributed by atoms with van der Waals surface area (Å²) in [7, 11) is 1.38. The largest absolute Gasteiger partial charge is 0.469 e. The summed E-state index contributed by atoms with van der Waals surface area (Å²) in [6.07, 6.45) is 1.33. The molecule has 6 heteroatoms. The lowest BCUT2D eigenvalue weighted by atomic mass is 10.1. The van der Waals surface area contributed by atoms with Gasteiger partial charge in [0, 0.05) is 25.6 Å². The van der Waals surface area contributed by atoms with Crippen LogP contribution in [0, 0.1) is 0 Å². The molecule has 6 nitrogen and oxygen atoms in total. The fourth-order valence-electron chi connectivity index (χ4n) is 2.28. The highest BCUT2D eigenvalue weighted by atomic mass is 16.5. The van der Waals surface area contributed by atoms with Gasteiger partial charge in [0.25, 0.3) is 0 Å². The number of ether oxygens (including phenoxy) is 3. The molecule has 0 bridgehead atoms. The Labute approximate surface area is 120 Å². The second kappa shape index (κ2) is 8.92. The number of rotatable bonds is 7. The molecule has 1 aliphatic heterocycles. The molecule has 1 saturated heterocycles. The van der Waals surface area contributed by atoms with Crippen LogP contribution >= 0.6 is 0 Å². The Balaban J connectivity index is 2.34. The fraction of sp³-hybridized carbons (Fsp3) is 0.857. The van der Waals surface area contributed by atoms with Crippen molar-refractivity contribution in [1.29, 1.82) is 0 Å². The molecule has 0 radical (unpaired) electrons. The monoisotopic (exact) mass is 287 g/mol. The van der Waals surface area contributed by atoms with Gasteiger partial charge in [-0.2, -0.15) is 0 Å². The van der Waals surface area contributed by atoms with E-state index in [1.807, 2.05) is 0 Å². The number of morpholine rings is 1. The highest BCUT2D eigenvalue weighted by molar-refractivity contribution is 5.70. The second-order valence-corrected chi connectivity index (χ2v) is 4.96. The maximum Gasteiger partial charge on any atom is 0.308 e. The van der Waals surface area contributed by atoms with Gasteiger partial charge in [-0.15, -0.1) is 0 Å². The van der Waals surface area contributed by atoms with Gasteiger partial charge in [0.15, 0.2) is 0 Å². The first-order valence-electron chi connectivity index (χ1n) is 7.14. The Hall–Kier alpha value is -1.14. The Morgan fingerprint density at radius 3 is 2.80 bits per heavy atom. The number of carbonyl (C=O) groups is 2. The van der Waals surface area contributed by atoms with Crippen molar-refractivity contribution in [1.82, 2.24) is 4.90 Å². The number of hydrogen-bond acceptors (Lipinski definition) is 6. The number of esters is 2. The van der Waals surface area contributed by atoms with Crippen molar-refractivity contribution in [3.05, 3.63) is 0 Å². The summed E-state index contributed by atoms with van der Waals surface area (Å²) < 4.78 is 15.1. The average Bonchev–Trinajstić information content (AvgIpc) is 2.45. The van der Waals surface area contributed by atoms with E-state index in [9.17, 15) is 9.59 Å². The zero-order chi connectivity index (χ0) is 15.0. The van der Waals surface area contributed by atoms with Gasteiger partial charge < -0.3 is 14.2 Å². The molecule has 0 aromatic carbocycles. The zero-order valence-corrected chi connectivity index (χ0v) is 12.6. The summed E-state index contributed by atoms with van der Waals surface area (Å²) in [5, 5.41) is 0. The van der Waals surface area contributed by atoms with Gasteiger partial charge in [0.05, 0.1) is 32.8 Å². The summed E-state index contributed by atoms with van der Waals surface area (Å²) >= 11 is 0. The Kier molecular flexibility index (Phi) is 7.54. The van der Waals surface area contributed by atoms with E-state index in [4.69, 9.17) is 9.47 Å². The number of nitrogens with zero attached hydrogens (tertiary/aromatic N) is 1. The number of carbonyl (C=O) groups excluding carboxylic acids is 2. The normalized spacial score (nSPS) is 21.2. The van der Waals surface area contributed by atoms with E-state index in [1.54, 1.807) is 6.92 Å². The van der Waals surface area contributed by atoms with Crippen LogP contribution in [0.25, 0.3) is 0 Å². The van der Waals surface area contributed by atoms with Crippen LogP contribution in [-0.4, -0.2) is 62.4 Å². The van der Waals surface area contributed by atoms with Crippen LogP contribution in [0.2, 0.25) is 0 Å². The SMILES string of the molecule is CCOC(=O)CCC(C)N1CCOC(CC(=O)OC)C1. The summed E-state index contributed by atoms with van der Waals surface area (Å²) in [5.41, 5.74) is 0. The maximum atomic E-state index is 11.4. The molecule has 0 spiro atoms. The smallest absolute Gasteiger partial charge is 0.308 e. The van der Waals surface area contributed by atoms with Crippen molar-refractivity contribution in [2.75, 3.05) is 33.4 Å². The summed E-state index contributed by atoms with van der Waals surface area (Å²) in [6.45, 7) is 6.43. The molecule has 0 amide bonds. The van der Waals surface area contributed by atoms with E-state index in [-0.39, 0.29) is 30.5 Å². The van der Waals surface area contributed by atoms with Gasteiger partial charge in [-0.1, -0.05) is 0 Å². The van der Waals surface area contributed by atoms with Crippen LogP contribution in [0.3, 0.4) is 0 Å². The Morgan fingerprint density at radius 1 is 1.40 bits per heavy atom. The highest BCUT2D eigenvalue weighted by Crippen LogP contribution is 2.15. The summed E-state index contributed by atoms with van der Waals surface area (Å²) in [5.74, 6) is -0.408. The molecule has 2 unspecified atom stereocenters. The van der Waals surface area contributed by atoms with Gasteiger partial charge in [-0.25, -0.2) is 0 Å². The molecule has 0 aromatic rings. The predicted molar refractivity (Wildman–Crippen MR) is 73.3 cm³/mol. The van der Waals surface area contributed by atoms with Crippen molar-refractivity contribution < 1.29 is 23.8 Å². The Morgan fingerprint density at radius 2 is 2.15 bits per heavy atom. The minimum Gasteiger partial charge on any atom is -0.469 e. The third-order valence-corrected chi connectivity index (χ3v) is 3.49. The highest BCUT2D eigenvalue weighted by Gasteiger charge is 2.26. The second-order valence-electron chi connectivity index (χ2n) is 4.96. The third kappa shape index (κ3) is 5.88. The summed E-state index contributed by atoms with van der Waals surface area (Å²) in [6, 6.07) is 0.267. The summed E-state index contributed by atoms with van der Waals surface area (Å²) in [4.78, 5) is 24.9. The van der Waals surface area contributed by atoms with E-state index in [2.05, 4.69) is 16.6 Å². The first-order chi connectivity index (χ1) is 9.56. The molecule has 0 N–H and O–H groups in total. The molecule has 116 valence electrons. The minimum atomic E-state index is -0.254. The average molecular weight is 287 g/mol. The molecule has 20 heavy (non-hydrogen) atoms.